The SMILES string of the molecule is N[C@H]1CC[C@@H](Oc2cc(OCCF)ccc2C(=O)Nc2cccnc2C(=O)Nc2ccc(Cl)cn2)CC1.O=C(O)C(F)(F)F. The van der Waals surface area contributed by atoms with E-state index in [0.717, 1.165) is 25.7 Å². The van der Waals surface area contributed by atoms with Crippen molar-refractivity contribution >= 4 is 40.9 Å². The number of carboxylic acids is 1. The summed E-state index contributed by atoms with van der Waals surface area (Å²) in [5.74, 6) is -2.86. The molecule has 0 saturated heterocycles. The molecule has 1 saturated carbocycles. The first-order valence-electron chi connectivity index (χ1n) is 13.1. The Kier molecular flexibility index (Phi) is 12.2. The molecule has 2 amide bonds. The number of carbonyl (C=O) groups excluding carboxylic acids is 2. The zero-order chi connectivity index (χ0) is 32.3. The van der Waals surface area contributed by atoms with Gasteiger partial charge in [-0.15, -0.1) is 0 Å². The third-order valence-corrected chi connectivity index (χ3v) is 6.26. The maximum absolute atomic E-state index is 13.3. The van der Waals surface area contributed by atoms with Crippen LogP contribution in [0.5, 0.6) is 11.5 Å². The molecule has 1 aliphatic carbocycles. The number of aliphatic carboxylic acids is 1. The Balaban J connectivity index is 0.000000676. The van der Waals surface area contributed by atoms with Crippen LogP contribution in [0.2, 0.25) is 5.02 Å². The van der Waals surface area contributed by atoms with Crippen LogP contribution in [0, 0.1) is 0 Å². The van der Waals surface area contributed by atoms with E-state index in [1.165, 1.54) is 12.4 Å². The van der Waals surface area contributed by atoms with E-state index in [9.17, 15) is 27.2 Å². The quantitative estimate of drug-likeness (QED) is 0.228. The van der Waals surface area contributed by atoms with E-state index in [0.29, 0.717) is 16.5 Å². The predicted octanol–water partition coefficient (Wildman–Crippen LogP) is 5.26. The number of carboxylic acid groups (broad SMARTS) is 1. The number of carbonyl (C=O) groups is 3. The fraction of sp³-hybridized carbons (Fsp3) is 0.321. The van der Waals surface area contributed by atoms with E-state index < -0.39 is 30.6 Å². The Morgan fingerprint density at radius 1 is 1.02 bits per heavy atom. The lowest BCUT2D eigenvalue weighted by Gasteiger charge is -2.27. The number of ether oxygens (including phenoxy) is 2. The second-order valence-corrected chi connectivity index (χ2v) is 9.76. The van der Waals surface area contributed by atoms with Crippen molar-refractivity contribution in [1.29, 1.82) is 0 Å². The van der Waals surface area contributed by atoms with Crippen LogP contribution in [-0.2, 0) is 4.79 Å². The fourth-order valence-electron chi connectivity index (χ4n) is 3.92. The van der Waals surface area contributed by atoms with Gasteiger partial charge < -0.3 is 30.9 Å². The van der Waals surface area contributed by atoms with Gasteiger partial charge in [0.1, 0.15) is 30.6 Å². The summed E-state index contributed by atoms with van der Waals surface area (Å²) in [5, 5.41) is 12.9. The van der Waals surface area contributed by atoms with E-state index in [1.54, 1.807) is 42.5 Å². The van der Waals surface area contributed by atoms with Crippen molar-refractivity contribution in [3.63, 3.8) is 0 Å². The van der Waals surface area contributed by atoms with E-state index >= 15 is 0 Å². The first kappa shape index (κ1) is 34.0. The van der Waals surface area contributed by atoms with Gasteiger partial charge in [0.05, 0.1) is 22.4 Å². The number of halogens is 5. The Labute approximate surface area is 253 Å². The number of anilines is 2. The summed E-state index contributed by atoms with van der Waals surface area (Å²) in [6, 6.07) is 11.1. The second kappa shape index (κ2) is 15.8. The molecule has 4 rings (SSSR count). The molecule has 1 aromatic carbocycles. The summed E-state index contributed by atoms with van der Waals surface area (Å²) >= 11 is 5.85. The highest BCUT2D eigenvalue weighted by atomic mass is 35.5. The summed E-state index contributed by atoms with van der Waals surface area (Å²) in [7, 11) is 0. The van der Waals surface area contributed by atoms with Crippen LogP contribution in [0.15, 0.2) is 54.9 Å². The average molecular weight is 642 g/mol. The van der Waals surface area contributed by atoms with Gasteiger partial charge in [-0.25, -0.2) is 19.2 Å². The van der Waals surface area contributed by atoms with E-state index in [4.69, 9.17) is 36.7 Å². The normalized spacial score (nSPS) is 16.1. The van der Waals surface area contributed by atoms with Crippen molar-refractivity contribution in [3.05, 3.63) is 71.1 Å². The number of nitrogens with zero attached hydrogens (tertiary/aromatic N) is 2. The molecule has 3 aromatic rings. The zero-order valence-corrected chi connectivity index (χ0v) is 23.7. The standard InChI is InChI=1S/C26H27ClFN5O4.C2HF3O2/c27-16-3-10-23(31-15-16)33-26(35)24-21(2-1-12-30-24)32-25(34)20-9-8-19(36-13-11-28)14-22(20)37-18-6-4-17(29)5-7-18;3-2(4,5)1(6)7/h1-3,8-10,12,14-15,17-18H,4-7,11,13,29H2,(H,32,34)(H,31,33,35);(H,6,7)/t17-,18+;. The Morgan fingerprint density at radius 3 is 2.34 bits per heavy atom. The summed E-state index contributed by atoms with van der Waals surface area (Å²) < 4.78 is 55.9. The van der Waals surface area contributed by atoms with E-state index in [2.05, 4.69) is 20.6 Å². The van der Waals surface area contributed by atoms with Gasteiger partial charge in [0, 0.05) is 24.5 Å². The summed E-state index contributed by atoms with van der Waals surface area (Å²) in [6.07, 6.45) is 0.795. The van der Waals surface area contributed by atoms with Gasteiger partial charge in [0.15, 0.2) is 5.69 Å². The van der Waals surface area contributed by atoms with Gasteiger partial charge in [-0.2, -0.15) is 13.2 Å². The summed E-state index contributed by atoms with van der Waals surface area (Å²) in [4.78, 5) is 43.3. The Hall–Kier alpha value is -4.50. The molecule has 0 bridgehead atoms. The number of nitrogens with two attached hydrogens (primary N) is 1. The highest BCUT2D eigenvalue weighted by Crippen LogP contribution is 2.30. The minimum absolute atomic E-state index is 0.000708. The smallest absolute Gasteiger partial charge is 0.490 e. The van der Waals surface area contributed by atoms with Crippen molar-refractivity contribution in [3.8, 4) is 11.5 Å². The van der Waals surface area contributed by atoms with Crippen molar-refractivity contribution in [2.24, 2.45) is 5.73 Å². The number of amides is 2. The minimum Gasteiger partial charge on any atom is -0.491 e. The van der Waals surface area contributed by atoms with Gasteiger partial charge in [-0.3, -0.25) is 9.59 Å². The summed E-state index contributed by atoms with van der Waals surface area (Å²) in [5.41, 5.74) is 6.44. The van der Waals surface area contributed by atoms with Crippen LogP contribution in [-0.4, -0.2) is 64.5 Å². The number of hydrogen-bond donors (Lipinski definition) is 4. The molecule has 2 heterocycles. The van der Waals surface area contributed by atoms with Crippen molar-refractivity contribution in [2.45, 2.75) is 44.0 Å². The molecule has 44 heavy (non-hydrogen) atoms. The Morgan fingerprint density at radius 2 is 1.73 bits per heavy atom. The molecule has 0 aliphatic heterocycles. The van der Waals surface area contributed by atoms with Gasteiger partial charge in [-0.1, -0.05) is 11.6 Å². The molecule has 5 N–H and O–H groups in total. The molecule has 0 spiro atoms. The molecule has 0 unspecified atom stereocenters. The first-order valence-corrected chi connectivity index (χ1v) is 13.5. The van der Waals surface area contributed by atoms with Gasteiger partial charge >= 0.3 is 12.1 Å². The lowest BCUT2D eigenvalue weighted by Crippen LogP contribution is -2.32. The predicted molar refractivity (Wildman–Crippen MR) is 152 cm³/mol. The third-order valence-electron chi connectivity index (χ3n) is 6.04. The number of pyridine rings is 2. The van der Waals surface area contributed by atoms with Crippen molar-refractivity contribution < 1.29 is 46.5 Å². The number of hydrogen-bond acceptors (Lipinski definition) is 8. The van der Waals surface area contributed by atoms with Crippen molar-refractivity contribution in [2.75, 3.05) is 23.9 Å². The monoisotopic (exact) mass is 641 g/mol. The fourth-order valence-corrected chi connectivity index (χ4v) is 4.03. The van der Waals surface area contributed by atoms with Crippen molar-refractivity contribution in [1.82, 2.24) is 9.97 Å². The highest BCUT2D eigenvalue weighted by Gasteiger charge is 2.38. The maximum atomic E-state index is 13.3. The third kappa shape index (κ3) is 10.3. The maximum Gasteiger partial charge on any atom is 0.490 e. The topological polar surface area (TPSA) is 166 Å². The molecule has 16 heteroatoms. The highest BCUT2D eigenvalue weighted by molar-refractivity contribution is 6.30. The molecule has 2 aromatic heterocycles. The van der Waals surface area contributed by atoms with E-state index in [-0.39, 0.29) is 41.5 Å². The largest absolute Gasteiger partial charge is 0.491 e. The van der Waals surface area contributed by atoms with Gasteiger partial charge in [0.2, 0.25) is 0 Å². The second-order valence-electron chi connectivity index (χ2n) is 9.32. The minimum atomic E-state index is -5.08. The van der Waals surface area contributed by atoms with Crippen LogP contribution >= 0.6 is 11.6 Å². The van der Waals surface area contributed by atoms with Crippen LogP contribution in [0.25, 0.3) is 0 Å². The molecule has 11 nitrogen and oxygen atoms in total. The molecule has 0 radical (unpaired) electrons. The number of benzene rings is 1. The van der Waals surface area contributed by atoms with Gasteiger partial charge in [0.25, 0.3) is 11.8 Å². The van der Waals surface area contributed by atoms with Crippen LogP contribution in [0.4, 0.5) is 29.1 Å². The molecule has 1 fully saturated rings. The lowest BCUT2D eigenvalue weighted by molar-refractivity contribution is -0.192. The Bertz CT molecular complexity index is 1440. The number of rotatable bonds is 9. The molecule has 236 valence electrons. The van der Waals surface area contributed by atoms with Crippen LogP contribution in [0.1, 0.15) is 46.5 Å². The number of alkyl halides is 4. The average Bonchev–Trinajstić information content (AvgIpc) is 2.98. The van der Waals surface area contributed by atoms with Gasteiger partial charge in [-0.05, 0) is 62.1 Å². The van der Waals surface area contributed by atoms with Crippen LogP contribution < -0.4 is 25.8 Å². The van der Waals surface area contributed by atoms with E-state index in [1.807, 2.05) is 0 Å². The number of nitrogens with one attached hydrogen (secondary N) is 2. The number of aromatic nitrogens is 2. The molecular formula is C28H28ClF4N5O6. The molecule has 0 atom stereocenters. The molecule has 1 aliphatic rings. The van der Waals surface area contributed by atoms with Crippen LogP contribution in [0.3, 0.4) is 0 Å². The summed E-state index contributed by atoms with van der Waals surface area (Å²) in [6.45, 7) is -0.754. The lowest BCUT2D eigenvalue weighted by atomic mass is 9.93. The first-order chi connectivity index (χ1) is 20.9. The molecular weight excluding hydrogens is 614 g/mol. The zero-order valence-electron chi connectivity index (χ0n) is 22.9.